The number of hydrogen-bond donors (Lipinski definition) is 1. The van der Waals surface area contributed by atoms with Gasteiger partial charge in [0.2, 0.25) is 17.5 Å². The molecule has 0 spiro atoms. The second-order valence-electron chi connectivity index (χ2n) is 8.33. The van der Waals surface area contributed by atoms with Crippen LogP contribution in [0.25, 0.3) is 0 Å². The van der Waals surface area contributed by atoms with Gasteiger partial charge in [-0.2, -0.15) is 0 Å². The number of nitro benzene ring substituents is 2. The lowest BCUT2D eigenvalue weighted by Crippen LogP contribution is -2.18. The molecule has 210 valence electrons. The van der Waals surface area contributed by atoms with Gasteiger partial charge < -0.3 is 14.8 Å². The summed E-state index contributed by atoms with van der Waals surface area (Å²) in [4.78, 5) is 81.3. The van der Waals surface area contributed by atoms with Crippen LogP contribution in [-0.2, 0) is 19.1 Å². The number of ketones is 2. The van der Waals surface area contributed by atoms with Crippen molar-refractivity contribution in [3.8, 4) is 0 Å². The molecule has 0 unspecified atom stereocenters. The molecular weight excluding hydrogens is 542 g/mol. The third kappa shape index (κ3) is 8.88. The van der Waals surface area contributed by atoms with E-state index in [1.54, 1.807) is 0 Å². The van der Waals surface area contributed by atoms with Gasteiger partial charge in [0.05, 0.1) is 21.8 Å². The normalized spacial score (nSPS) is 10.2. The van der Waals surface area contributed by atoms with Gasteiger partial charge in [0.25, 0.3) is 11.4 Å². The fraction of sp³-hybridized carbons (Fsp3) is 0.148. The highest BCUT2D eigenvalue weighted by atomic mass is 16.6. The summed E-state index contributed by atoms with van der Waals surface area (Å²) < 4.78 is 9.83. The SMILES string of the molecule is O=C(CCC(=O)OCC(=O)c1cccc([N+](=O)[O-])c1)Nc1cccc(C(=O)OCC(=O)c2cccc([N+](=O)[O-])c2)c1. The molecule has 0 atom stereocenters. The van der Waals surface area contributed by atoms with Gasteiger partial charge in [0.15, 0.2) is 13.2 Å². The van der Waals surface area contributed by atoms with Gasteiger partial charge >= 0.3 is 11.9 Å². The van der Waals surface area contributed by atoms with Gasteiger partial charge in [-0.1, -0.05) is 30.3 Å². The summed E-state index contributed by atoms with van der Waals surface area (Å²) in [6.07, 6.45) is -0.675. The fourth-order valence-corrected chi connectivity index (χ4v) is 3.35. The highest BCUT2D eigenvalue weighted by molar-refractivity contribution is 6.01. The van der Waals surface area contributed by atoms with E-state index in [9.17, 15) is 44.2 Å². The Morgan fingerprint density at radius 2 is 1.17 bits per heavy atom. The predicted octanol–water partition coefficient (Wildman–Crippen LogP) is 3.69. The van der Waals surface area contributed by atoms with Crippen LogP contribution < -0.4 is 5.32 Å². The number of ether oxygens (including phenoxy) is 2. The zero-order valence-corrected chi connectivity index (χ0v) is 21.1. The van der Waals surface area contributed by atoms with Crippen LogP contribution in [0.15, 0.2) is 72.8 Å². The van der Waals surface area contributed by atoms with Crippen molar-refractivity contribution in [2.45, 2.75) is 12.8 Å². The summed E-state index contributed by atoms with van der Waals surface area (Å²) in [5, 5.41) is 24.2. The standard InChI is InChI=1S/C27H21N3O11/c31-23(17-4-2-8-21(13-17)29(36)37)15-40-26(34)11-10-25(33)28-20-7-1-6-19(12-20)27(35)41-16-24(32)18-5-3-9-22(14-18)30(38)39/h1-9,12-14H,10-11,15-16H2,(H,28,33). The summed E-state index contributed by atoms with van der Waals surface area (Å²) in [5.41, 5.74) is -0.369. The summed E-state index contributed by atoms with van der Waals surface area (Å²) in [7, 11) is 0. The number of rotatable bonds is 13. The van der Waals surface area contributed by atoms with E-state index in [-0.39, 0.29) is 46.6 Å². The van der Waals surface area contributed by atoms with Crippen LogP contribution in [0.2, 0.25) is 0 Å². The Hall–Kier alpha value is -5.79. The van der Waals surface area contributed by atoms with Crippen LogP contribution in [-0.4, -0.2) is 52.5 Å². The Labute approximate surface area is 231 Å². The summed E-state index contributed by atoms with van der Waals surface area (Å²) in [6.45, 7) is -1.32. The number of Topliss-reactive ketones (excluding diaryl/α,β-unsaturated/α-hetero) is 2. The Morgan fingerprint density at radius 3 is 1.73 bits per heavy atom. The number of anilines is 1. The molecule has 0 saturated carbocycles. The number of carbonyl (C=O) groups is 5. The van der Waals surface area contributed by atoms with E-state index in [0.29, 0.717) is 0 Å². The lowest BCUT2D eigenvalue weighted by Gasteiger charge is -2.08. The molecule has 41 heavy (non-hydrogen) atoms. The molecule has 0 aliphatic carbocycles. The summed E-state index contributed by atoms with van der Waals surface area (Å²) >= 11 is 0. The first-order chi connectivity index (χ1) is 19.5. The molecule has 14 heteroatoms. The van der Waals surface area contributed by atoms with Crippen molar-refractivity contribution in [1.29, 1.82) is 0 Å². The molecule has 0 bridgehead atoms. The van der Waals surface area contributed by atoms with Crippen LogP contribution >= 0.6 is 0 Å². The van der Waals surface area contributed by atoms with E-state index < -0.39 is 52.5 Å². The van der Waals surface area contributed by atoms with Gasteiger partial charge in [-0.25, -0.2) is 4.79 Å². The predicted molar refractivity (Wildman–Crippen MR) is 140 cm³/mol. The van der Waals surface area contributed by atoms with E-state index >= 15 is 0 Å². The average molecular weight is 563 g/mol. The van der Waals surface area contributed by atoms with Crippen molar-refractivity contribution in [2.24, 2.45) is 0 Å². The number of nitro groups is 2. The minimum Gasteiger partial charge on any atom is -0.457 e. The summed E-state index contributed by atoms with van der Waals surface area (Å²) in [6, 6.07) is 15.5. The Kier molecular flexibility index (Phi) is 10.0. The van der Waals surface area contributed by atoms with Gasteiger partial charge in [0, 0.05) is 47.5 Å². The first-order valence-electron chi connectivity index (χ1n) is 11.8. The van der Waals surface area contributed by atoms with Crippen molar-refractivity contribution >= 4 is 46.5 Å². The molecule has 3 aromatic rings. The first kappa shape index (κ1) is 29.8. The van der Waals surface area contributed by atoms with Crippen molar-refractivity contribution in [3.05, 3.63) is 110 Å². The van der Waals surface area contributed by atoms with Gasteiger partial charge in [0.1, 0.15) is 0 Å². The van der Waals surface area contributed by atoms with E-state index in [4.69, 9.17) is 9.47 Å². The van der Waals surface area contributed by atoms with Crippen LogP contribution in [0, 0.1) is 20.2 Å². The molecule has 1 amide bonds. The molecular formula is C27H21N3O11. The van der Waals surface area contributed by atoms with Crippen LogP contribution in [0.5, 0.6) is 0 Å². The molecule has 0 fully saturated rings. The molecule has 0 aliphatic heterocycles. The monoisotopic (exact) mass is 563 g/mol. The quantitative estimate of drug-likeness (QED) is 0.137. The molecule has 0 aromatic heterocycles. The highest BCUT2D eigenvalue weighted by Crippen LogP contribution is 2.16. The second kappa shape index (κ2) is 13.8. The van der Waals surface area contributed by atoms with Crippen LogP contribution in [0.1, 0.15) is 43.9 Å². The van der Waals surface area contributed by atoms with Crippen molar-refractivity contribution < 1.29 is 43.3 Å². The Bertz CT molecular complexity index is 1530. The zero-order valence-electron chi connectivity index (χ0n) is 21.1. The van der Waals surface area contributed by atoms with Crippen molar-refractivity contribution in [1.82, 2.24) is 0 Å². The first-order valence-corrected chi connectivity index (χ1v) is 11.8. The Balaban J connectivity index is 1.45. The van der Waals surface area contributed by atoms with E-state index in [0.717, 1.165) is 12.1 Å². The maximum atomic E-state index is 12.4. The minimum absolute atomic E-state index is 0.0000487. The van der Waals surface area contributed by atoms with Gasteiger partial charge in [-0.05, 0) is 18.2 Å². The van der Waals surface area contributed by atoms with E-state index in [2.05, 4.69) is 5.32 Å². The third-order valence-corrected chi connectivity index (χ3v) is 5.39. The smallest absolute Gasteiger partial charge is 0.338 e. The van der Waals surface area contributed by atoms with Crippen LogP contribution in [0.4, 0.5) is 17.1 Å². The molecule has 1 N–H and O–H groups in total. The number of carbonyl (C=O) groups excluding carboxylic acids is 5. The lowest BCUT2D eigenvalue weighted by atomic mass is 10.1. The number of non-ortho nitro benzene ring substituents is 2. The molecule has 14 nitrogen and oxygen atoms in total. The fourth-order valence-electron chi connectivity index (χ4n) is 3.35. The maximum absolute atomic E-state index is 12.4. The number of esters is 2. The third-order valence-electron chi connectivity index (χ3n) is 5.39. The number of benzene rings is 3. The minimum atomic E-state index is -0.878. The van der Waals surface area contributed by atoms with E-state index in [1.165, 1.54) is 60.7 Å². The molecule has 0 radical (unpaired) electrons. The lowest BCUT2D eigenvalue weighted by molar-refractivity contribution is -0.385. The zero-order chi connectivity index (χ0) is 29.9. The van der Waals surface area contributed by atoms with Gasteiger partial charge in [-0.3, -0.25) is 39.4 Å². The van der Waals surface area contributed by atoms with Gasteiger partial charge in [-0.15, -0.1) is 0 Å². The summed E-state index contributed by atoms with van der Waals surface area (Å²) in [5.74, 6) is -3.62. The topological polar surface area (TPSA) is 202 Å². The largest absolute Gasteiger partial charge is 0.457 e. The number of nitrogens with one attached hydrogen (secondary N) is 1. The average Bonchev–Trinajstić information content (AvgIpc) is 2.97. The highest BCUT2D eigenvalue weighted by Gasteiger charge is 2.17. The van der Waals surface area contributed by atoms with Crippen LogP contribution in [0.3, 0.4) is 0 Å². The van der Waals surface area contributed by atoms with Crippen molar-refractivity contribution in [3.63, 3.8) is 0 Å². The van der Waals surface area contributed by atoms with E-state index in [1.807, 2.05) is 0 Å². The molecule has 0 aliphatic rings. The maximum Gasteiger partial charge on any atom is 0.338 e. The number of amides is 1. The number of nitrogens with zero attached hydrogens (tertiary/aromatic N) is 2. The second-order valence-corrected chi connectivity index (χ2v) is 8.33. The molecule has 3 rings (SSSR count). The molecule has 3 aromatic carbocycles. The molecule has 0 saturated heterocycles. The molecule has 0 heterocycles. The Morgan fingerprint density at radius 1 is 0.659 bits per heavy atom. The number of hydrogen-bond acceptors (Lipinski definition) is 11. The van der Waals surface area contributed by atoms with Crippen molar-refractivity contribution in [2.75, 3.05) is 18.5 Å².